The van der Waals surface area contributed by atoms with Gasteiger partial charge in [0.15, 0.2) is 0 Å². The molecule has 0 unspecified atom stereocenters. The van der Waals surface area contributed by atoms with E-state index in [9.17, 15) is 0 Å². The first-order valence-electron chi connectivity index (χ1n) is 34.8. The van der Waals surface area contributed by atoms with Gasteiger partial charge in [-0.1, -0.05) is 216 Å². The van der Waals surface area contributed by atoms with E-state index in [1.54, 1.807) is 6.20 Å². The third kappa shape index (κ3) is 13.6. The van der Waals surface area contributed by atoms with Crippen molar-refractivity contribution in [2.75, 3.05) is 0 Å². The first-order chi connectivity index (χ1) is 52.4. The molecule has 0 saturated carbocycles. The number of para-hydroxylation sites is 3. The van der Waals surface area contributed by atoms with Gasteiger partial charge in [-0.25, -0.2) is 19.6 Å². The van der Waals surface area contributed by atoms with Crippen molar-refractivity contribution in [2.24, 2.45) is 0 Å². The van der Waals surface area contributed by atoms with Crippen molar-refractivity contribution >= 4 is 81.3 Å². The van der Waals surface area contributed by atoms with Crippen LogP contribution in [0.5, 0.6) is 23.0 Å². The Morgan fingerprint density at radius 3 is 1.29 bits per heavy atom. The Morgan fingerprint density at radius 1 is 0.290 bits per heavy atom. The van der Waals surface area contributed by atoms with Crippen molar-refractivity contribution in [3.8, 4) is 96.3 Å². The zero-order valence-electron chi connectivity index (χ0n) is 57.2. The first-order valence-corrected chi connectivity index (χ1v) is 35.6. The molecule has 12 nitrogen and oxygen atoms in total. The Labute approximate surface area is 639 Å². The van der Waals surface area contributed by atoms with Crippen molar-refractivity contribution < 1.29 is 30.5 Å². The van der Waals surface area contributed by atoms with Gasteiger partial charge in [0.2, 0.25) is 0 Å². The topological polar surface area (TPSA) is 108 Å². The molecule has 0 spiro atoms. The molecule has 14 heteroatoms. The number of benzene rings is 12. The molecule has 0 bridgehead atoms. The van der Waals surface area contributed by atoms with Crippen LogP contribution in [0.25, 0.3) is 139 Å². The molecule has 0 aliphatic heterocycles. The van der Waals surface area contributed by atoms with Gasteiger partial charge in [0.1, 0.15) is 29.0 Å². The molecule has 12 aromatic carbocycles. The Kier molecular flexibility index (Phi) is 18.6. The maximum absolute atomic E-state index is 6.41. The summed E-state index contributed by atoms with van der Waals surface area (Å²) in [6, 6.07) is 118. The van der Waals surface area contributed by atoms with Crippen molar-refractivity contribution in [3.63, 3.8) is 0 Å². The molecule has 107 heavy (non-hydrogen) atoms. The van der Waals surface area contributed by atoms with Gasteiger partial charge in [-0.05, 0) is 135 Å². The summed E-state index contributed by atoms with van der Waals surface area (Å²) in [5.74, 6) is 5.32. The van der Waals surface area contributed by atoms with E-state index in [1.807, 2.05) is 174 Å². The van der Waals surface area contributed by atoms with Crippen molar-refractivity contribution in [3.05, 3.63) is 388 Å². The molecule has 8 aromatic heterocycles. The van der Waals surface area contributed by atoms with E-state index in [-0.39, 0.29) is 21.1 Å². The van der Waals surface area contributed by atoms with Gasteiger partial charge in [0.25, 0.3) is 0 Å². The number of ether oxygens (including phenoxy) is 2. The van der Waals surface area contributed by atoms with Crippen LogP contribution in [-0.4, -0.2) is 48.2 Å². The van der Waals surface area contributed by atoms with Crippen LogP contribution in [0.15, 0.2) is 375 Å². The normalized spacial score (nSPS) is 11.1. The summed E-state index contributed by atoms with van der Waals surface area (Å²) in [6.07, 6.45) is 13.3. The average Bonchev–Trinajstić information content (AvgIpc) is 1.61. The van der Waals surface area contributed by atoms with Gasteiger partial charge in [-0.3, -0.25) is 13.8 Å². The largest absolute Gasteiger partial charge is 2.00 e. The van der Waals surface area contributed by atoms with E-state index in [0.29, 0.717) is 11.5 Å². The number of fused-ring (bicyclic) bond motifs is 9. The van der Waals surface area contributed by atoms with Crippen LogP contribution in [0.2, 0.25) is 0 Å². The Morgan fingerprint density at radius 2 is 0.720 bits per heavy atom. The summed E-state index contributed by atoms with van der Waals surface area (Å²) in [6.45, 7) is 0. The molecular weight excluding hydrogens is 1560 g/mol. The monoisotopic (exact) mass is 1620 g/mol. The molecule has 20 rings (SSSR count). The maximum atomic E-state index is 6.41. The standard InChI is InChI=1S/C38H26N4O.C38H24N4O.C17H11BrN2.Pt/c2*1-2-9-27(10-3-1)28-16-18-29(19-17-28)30-25-40-41(26-30)31-11-8-12-32(23-31)43-33-20-21-35-34-13-4-5-14-36(34)42(37(35)24-33)38-15-6-7-22-39-38;18-12-8-9-14-13-5-1-2-6-15(13)20(16(14)11-12)17-7-3-4-10-19-17;/h1-26H;1-22,25-26H;1-11H;/q;-2;;+2. The Hall–Kier alpha value is -13.3. The first kappa shape index (κ1) is 66.9. The van der Waals surface area contributed by atoms with E-state index in [2.05, 4.69) is 267 Å². The van der Waals surface area contributed by atoms with Crippen molar-refractivity contribution in [2.45, 2.75) is 0 Å². The van der Waals surface area contributed by atoms with Crippen LogP contribution in [0, 0.1) is 12.1 Å². The predicted molar refractivity (Wildman–Crippen MR) is 430 cm³/mol. The summed E-state index contributed by atoms with van der Waals surface area (Å²) in [5.41, 5.74) is 17.3. The number of rotatable bonds is 13. The fourth-order valence-electron chi connectivity index (χ4n) is 13.8. The molecule has 0 N–H and O–H groups in total. The van der Waals surface area contributed by atoms with Gasteiger partial charge >= 0.3 is 21.1 Å². The summed E-state index contributed by atoms with van der Waals surface area (Å²) in [4.78, 5) is 13.7. The third-order valence-corrected chi connectivity index (χ3v) is 19.3. The van der Waals surface area contributed by atoms with Gasteiger partial charge in [-0.2, -0.15) is 22.3 Å². The third-order valence-electron chi connectivity index (χ3n) is 18.8. The SMILES string of the molecule is Brc1ccc2c3ccccc3n(-c3ccccn3)c2c1.[Pt+2].[c-]1c(Oc2[c-]c3c(cc2)c2ccccc2n3-c2ccccn2)cccc1-n1cc(-c2ccc(-c3ccccc3)cc2)cn1.c1ccc(-c2ccc(-c3cnn(-c4cccc(Oc5ccc6c7ccccc7n(-c7ccccn7)c6c5)c4)c3)cc2)cc1. The van der Waals surface area contributed by atoms with Crippen LogP contribution >= 0.6 is 15.9 Å². The number of halogens is 1. The molecule has 0 amide bonds. The number of pyridine rings is 3. The number of nitrogens with zero attached hydrogens (tertiary/aromatic N) is 10. The molecule has 0 atom stereocenters. The average molecular weight is 1630 g/mol. The second kappa shape index (κ2) is 29.8. The molecule has 8 heterocycles. The summed E-state index contributed by atoms with van der Waals surface area (Å²) >= 11 is 3.56. The molecule has 0 radical (unpaired) electrons. The second-order valence-corrected chi connectivity index (χ2v) is 26.3. The molecular formula is C93H61BrN10O2Pt. The molecule has 0 aliphatic rings. The van der Waals surface area contributed by atoms with Gasteiger partial charge in [0.05, 0.1) is 40.1 Å². The van der Waals surface area contributed by atoms with Crippen LogP contribution in [0.1, 0.15) is 0 Å². The van der Waals surface area contributed by atoms with Crippen molar-refractivity contribution in [1.82, 2.24) is 48.2 Å². The quantitative estimate of drug-likeness (QED) is 0.106. The van der Waals surface area contributed by atoms with E-state index in [4.69, 9.17) is 9.47 Å². The molecule has 0 saturated heterocycles. The Balaban J connectivity index is 0.000000125. The van der Waals surface area contributed by atoms with E-state index in [1.165, 1.54) is 49.4 Å². The van der Waals surface area contributed by atoms with Gasteiger partial charge < -0.3 is 14.0 Å². The van der Waals surface area contributed by atoms with Crippen LogP contribution < -0.4 is 9.47 Å². The molecule has 0 fully saturated rings. The minimum atomic E-state index is 0. The van der Waals surface area contributed by atoms with Gasteiger partial charge in [-0.15, -0.1) is 35.7 Å². The second-order valence-electron chi connectivity index (χ2n) is 25.4. The summed E-state index contributed by atoms with van der Waals surface area (Å²) < 4.78 is 24.0. The minimum Gasteiger partial charge on any atom is -0.509 e. The smallest absolute Gasteiger partial charge is 0.509 e. The Bertz CT molecular complexity index is 6200. The zero-order chi connectivity index (χ0) is 70.7. The minimum absolute atomic E-state index is 0. The molecule has 0 aliphatic carbocycles. The predicted octanol–water partition coefficient (Wildman–Crippen LogP) is 23.5. The van der Waals surface area contributed by atoms with Gasteiger partial charge in [0, 0.05) is 97.3 Å². The number of hydrogen-bond acceptors (Lipinski definition) is 7. The summed E-state index contributed by atoms with van der Waals surface area (Å²) in [5, 5.41) is 16.3. The van der Waals surface area contributed by atoms with Crippen LogP contribution in [-0.2, 0) is 21.1 Å². The fourth-order valence-corrected chi connectivity index (χ4v) is 14.2. The van der Waals surface area contributed by atoms with Crippen LogP contribution in [0.4, 0.5) is 0 Å². The van der Waals surface area contributed by atoms with E-state index < -0.39 is 0 Å². The number of hydrogen-bond donors (Lipinski definition) is 0. The molecule has 512 valence electrons. The molecule has 20 aromatic rings. The van der Waals surface area contributed by atoms with Crippen LogP contribution in [0.3, 0.4) is 0 Å². The van der Waals surface area contributed by atoms with Crippen molar-refractivity contribution in [1.29, 1.82) is 0 Å². The van der Waals surface area contributed by atoms with E-state index in [0.717, 1.165) is 105 Å². The number of aromatic nitrogens is 10. The fraction of sp³-hybridized carbons (Fsp3) is 0. The van der Waals surface area contributed by atoms with E-state index >= 15 is 0 Å². The summed E-state index contributed by atoms with van der Waals surface area (Å²) in [7, 11) is 0. The zero-order valence-corrected chi connectivity index (χ0v) is 61.1. The maximum Gasteiger partial charge on any atom is 2.00 e.